The Kier molecular flexibility index (Phi) is 6.50. The van der Waals surface area contributed by atoms with Gasteiger partial charge in [0.25, 0.3) is 0 Å². The lowest BCUT2D eigenvalue weighted by Crippen LogP contribution is -2.43. The quantitative estimate of drug-likeness (QED) is 0.659. The average Bonchev–Trinajstić information content (AvgIpc) is 3.06. The second-order valence-corrected chi connectivity index (χ2v) is 7.64. The smallest absolute Gasteiger partial charge is 0.407 e. The highest BCUT2D eigenvalue weighted by Crippen LogP contribution is 2.31. The van der Waals surface area contributed by atoms with Gasteiger partial charge in [-0.1, -0.05) is 6.42 Å². The zero-order valence-electron chi connectivity index (χ0n) is 14.4. The van der Waals surface area contributed by atoms with Crippen molar-refractivity contribution in [2.24, 2.45) is 5.92 Å². The third kappa shape index (κ3) is 5.76. The van der Waals surface area contributed by atoms with Crippen LogP contribution < -0.4 is 16.0 Å². The Morgan fingerprint density at radius 2 is 2.00 bits per heavy atom. The first-order valence-electron chi connectivity index (χ1n) is 8.89. The van der Waals surface area contributed by atoms with Crippen molar-refractivity contribution >= 4 is 6.09 Å². The van der Waals surface area contributed by atoms with Crippen molar-refractivity contribution in [3.63, 3.8) is 0 Å². The van der Waals surface area contributed by atoms with E-state index >= 15 is 0 Å². The van der Waals surface area contributed by atoms with E-state index in [9.17, 15) is 4.79 Å². The molecule has 0 aromatic heterocycles. The topological polar surface area (TPSA) is 62.4 Å². The first-order valence-corrected chi connectivity index (χ1v) is 8.89. The molecular formula is C17H33N3O2. The van der Waals surface area contributed by atoms with Crippen molar-refractivity contribution in [2.45, 2.75) is 77.0 Å². The van der Waals surface area contributed by atoms with Crippen LogP contribution >= 0.6 is 0 Å². The molecule has 0 radical (unpaired) electrons. The molecule has 3 unspecified atom stereocenters. The lowest BCUT2D eigenvalue weighted by atomic mass is 9.93. The molecule has 2 fully saturated rings. The maximum Gasteiger partial charge on any atom is 0.407 e. The van der Waals surface area contributed by atoms with Gasteiger partial charge in [-0.25, -0.2) is 4.79 Å². The molecule has 128 valence electrons. The molecule has 0 aromatic rings. The monoisotopic (exact) mass is 311 g/mol. The van der Waals surface area contributed by atoms with E-state index in [-0.39, 0.29) is 6.09 Å². The molecule has 5 nitrogen and oxygen atoms in total. The number of rotatable bonds is 6. The third-order valence-electron chi connectivity index (χ3n) is 4.61. The summed E-state index contributed by atoms with van der Waals surface area (Å²) in [6.45, 7) is 8.46. The summed E-state index contributed by atoms with van der Waals surface area (Å²) in [4.78, 5) is 11.5. The first kappa shape index (κ1) is 17.5. The van der Waals surface area contributed by atoms with Crippen molar-refractivity contribution in [1.82, 2.24) is 16.0 Å². The molecule has 2 aliphatic rings. The largest absolute Gasteiger partial charge is 0.444 e. The fourth-order valence-electron chi connectivity index (χ4n) is 3.68. The second kappa shape index (κ2) is 8.16. The molecule has 0 bridgehead atoms. The van der Waals surface area contributed by atoms with E-state index in [1.54, 1.807) is 0 Å². The van der Waals surface area contributed by atoms with Gasteiger partial charge in [-0.3, -0.25) is 0 Å². The third-order valence-corrected chi connectivity index (χ3v) is 4.61. The highest BCUT2D eigenvalue weighted by molar-refractivity contribution is 5.67. The lowest BCUT2D eigenvalue weighted by Gasteiger charge is -2.26. The van der Waals surface area contributed by atoms with Crippen molar-refractivity contribution in [3.8, 4) is 0 Å². The highest BCUT2D eigenvalue weighted by atomic mass is 16.6. The fraction of sp³-hybridized carbons (Fsp3) is 0.941. The van der Waals surface area contributed by atoms with Crippen LogP contribution in [0.25, 0.3) is 0 Å². The van der Waals surface area contributed by atoms with Crippen LogP contribution in [0.5, 0.6) is 0 Å². The normalized spacial score (nSPS) is 28.8. The zero-order chi connectivity index (χ0) is 16.0. The molecule has 1 aliphatic heterocycles. The van der Waals surface area contributed by atoms with E-state index in [4.69, 9.17) is 4.74 Å². The van der Waals surface area contributed by atoms with Crippen LogP contribution in [0.2, 0.25) is 0 Å². The second-order valence-electron chi connectivity index (χ2n) is 7.64. The van der Waals surface area contributed by atoms with Crippen LogP contribution in [-0.4, -0.2) is 43.4 Å². The van der Waals surface area contributed by atoms with Gasteiger partial charge in [0.15, 0.2) is 0 Å². The summed E-state index contributed by atoms with van der Waals surface area (Å²) in [5, 5.41) is 10.2. The van der Waals surface area contributed by atoms with Crippen LogP contribution in [0.3, 0.4) is 0 Å². The summed E-state index contributed by atoms with van der Waals surface area (Å²) < 4.78 is 5.22. The van der Waals surface area contributed by atoms with Crippen LogP contribution in [0, 0.1) is 5.92 Å². The summed E-state index contributed by atoms with van der Waals surface area (Å²) in [5.74, 6) is 0.793. The molecule has 1 aliphatic carbocycles. The summed E-state index contributed by atoms with van der Waals surface area (Å²) >= 11 is 0. The molecule has 22 heavy (non-hydrogen) atoms. The summed E-state index contributed by atoms with van der Waals surface area (Å²) in [6, 6.07) is 1.37. The molecule has 0 spiro atoms. The Hall–Kier alpha value is -0.810. The maximum atomic E-state index is 11.5. The number of hydrogen-bond acceptors (Lipinski definition) is 4. The molecule has 1 saturated heterocycles. The Labute approximate surface area is 134 Å². The van der Waals surface area contributed by atoms with E-state index in [2.05, 4.69) is 16.0 Å². The SMILES string of the molecule is CC(C)(C)OC(=O)NCCCNC1CCCC1C1CCCN1. The Bertz CT molecular complexity index is 348. The zero-order valence-corrected chi connectivity index (χ0v) is 14.4. The van der Waals surface area contributed by atoms with Gasteiger partial charge in [0, 0.05) is 18.6 Å². The van der Waals surface area contributed by atoms with Gasteiger partial charge < -0.3 is 20.7 Å². The number of hydrogen-bond donors (Lipinski definition) is 3. The minimum absolute atomic E-state index is 0.318. The summed E-state index contributed by atoms with van der Waals surface area (Å²) in [6.07, 6.45) is 7.28. The van der Waals surface area contributed by atoms with Gasteiger partial charge >= 0.3 is 6.09 Å². The molecule has 1 saturated carbocycles. The summed E-state index contributed by atoms with van der Waals surface area (Å²) in [5.41, 5.74) is -0.423. The van der Waals surface area contributed by atoms with Crippen LogP contribution in [-0.2, 0) is 4.74 Å². The molecule has 3 N–H and O–H groups in total. The molecule has 0 aromatic carbocycles. The molecular weight excluding hydrogens is 278 g/mol. The number of carbonyl (C=O) groups is 1. The average molecular weight is 311 g/mol. The Morgan fingerprint density at radius 3 is 2.68 bits per heavy atom. The van der Waals surface area contributed by atoms with Gasteiger partial charge in [-0.05, 0) is 71.9 Å². The molecule has 3 atom stereocenters. The van der Waals surface area contributed by atoms with Gasteiger partial charge in [-0.15, -0.1) is 0 Å². The van der Waals surface area contributed by atoms with Crippen LogP contribution in [0.1, 0.15) is 59.3 Å². The fourth-order valence-corrected chi connectivity index (χ4v) is 3.68. The summed E-state index contributed by atoms with van der Waals surface area (Å²) in [7, 11) is 0. The van der Waals surface area contributed by atoms with Crippen molar-refractivity contribution in [2.75, 3.05) is 19.6 Å². The molecule has 5 heteroatoms. The maximum absolute atomic E-state index is 11.5. The number of amides is 1. The standard InChI is InChI=1S/C17H33N3O2/c1-17(2,3)22-16(21)20-12-6-11-19-14-8-4-7-13(14)15-9-5-10-18-15/h13-15,18-19H,4-12H2,1-3H3,(H,20,21). The predicted octanol–water partition coefficient (Wildman–Crippen LogP) is 2.41. The minimum atomic E-state index is -0.423. The first-order chi connectivity index (χ1) is 10.5. The van der Waals surface area contributed by atoms with E-state index in [0.29, 0.717) is 12.6 Å². The number of ether oxygens (including phenoxy) is 1. The predicted molar refractivity (Wildman–Crippen MR) is 89.0 cm³/mol. The number of carbonyl (C=O) groups excluding carboxylic acids is 1. The Morgan fingerprint density at radius 1 is 1.18 bits per heavy atom. The van der Waals surface area contributed by atoms with Crippen molar-refractivity contribution in [3.05, 3.63) is 0 Å². The van der Waals surface area contributed by atoms with Gasteiger partial charge in [0.05, 0.1) is 0 Å². The van der Waals surface area contributed by atoms with E-state index in [0.717, 1.165) is 24.9 Å². The number of nitrogens with one attached hydrogen (secondary N) is 3. The molecule has 1 amide bonds. The van der Waals surface area contributed by atoms with E-state index in [1.165, 1.54) is 38.6 Å². The van der Waals surface area contributed by atoms with Crippen LogP contribution in [0.4, 0.5) is 4.79 Å². The molecule has 1 heterocycles. The van der Waals surface area contributed by atoms with E-state index in [1.807, 2.05) is 20.8 Å². The minimum Gasteiger partial charge on any atom is -0.444 e. The van der Waals surface area contributed by atoms with Crippen molar-refractivity contribution in [1.29, 1.82) is 0 Å². The number of alkyl carbamates (subject to hydrolysis) is 1. The van der Waals surface area contributed by atoms with E-state index < -0.39 is 5.60 Å². The van der Waals surface area contributed by atoms with Crippen molar-refractivity contribution < 1.29 is 9.53 Å². The van der Waals surface area contributed by atoms with Crippen LogP contribution in [0.15, 0.2) is 0 Å². The van der Waals surface area contributed by atoms with Gasteiger partial charge in [0.1, 0.15) is 5.60 Å². The highest BCUT2D eigenvalue weighted by Gasteiger charge is 2.34. The molecule has 2 rings (SSSR count). The Balaban J connectivity index is 1.57. The van der Waals surface area contributed by atoms with Gasteiger partial charge in [-0.2, -0.15) is 0 Å². The van der Waals surface area contributed by atoms with Gasteiger partial charge in [0.2, 0.25) is 0 Å². The lowest BCUT2D eigenvalue weighted by molar-refractivity contribution is 0.0527.